The minimum absolute atomic E-state index is 0.874. The summed E-state index contributed by atoms with van der Waals surface area (Å²) >= 11 is 0. The van der Waals surface area contributed by atoms with Crippen molar-refractivity contribution < 1.29 is 0 Å². The zero-order chi connectivity index (χ0) is 26.2. The molecule has 6 aromatic rings. The molecule has 5 aromatic carbocycles. The molecule has 0 unspecified atom stereocenters. The molecule has 2 nitrogen and oxygen atoms in total. The molecule has 2 heterocycles. The Hall–Kier alpha value is -4.95. The van der Waals surface area contributed by atoms with E-state index in [0.29, 0.717) is 0 Å². The summed E-state index contributed by atoms with van der Waals surface area (Å²) in [5, 5.41) is 8.45. The Morgan fingerprint density at radius 2 is 1.05 bits per heavy atom. The lowest BCUT2D eigenvalue weighted by atomic mass is 9.85. The van der Waals surface area contributed by atoms with Crippen molar-refractivity contribution in [3.8, 4) is 33.4 Å². The predicted molar refractivity (Wildman–Crippen MR) is 165 cm³/mol. The van der Waals surface area contributed by atoms with Gasteiger partial charge in [0.2, 0.25) is 0 Å². The summed E-state index contributed by atoms with van der Waals surface area (Å²) in [5.41, 5.74) is 11.1. The first-order chi connectivity index (χ1) is 19.3. The molecule has 2 heteroatoms. The smallest absolute Gasteiger partial charge is 0.0346 e. The number of allylic oxidation sites excluding steroid dienone is 3. The summed E-state index contributed by atoms with van der Waals surface area (Å²) in [6.45, 7) is 2.99. The Morgan fingerprint density at radius 1 is 0.538 bits per heavy atom. The van der Waals surface area contributed by atoms with Crippen LogP contribution < -0.4 is 5.32 Å². The van der Waals surface area contributed by atoms with Gasteiger partial charge in [-0.25, -0.2) is 0 Å². The fraction of sp³-hybridized carbons (Fsp3) is 0.0541. The van der Waals surface area contributed by atoms with Gasteiger partial charge in [-0.3, -0.25) is 4.98 Å². The molecule has 0 aliphatic carbocycles. The fourth-order valence-electron chi connectivity index (χ4n) is 5.81. The van der Waals surface area contributed by atoms with E-state index in [-0.39, 0.29) is 0 Å². The molecule has 186 valence electrons. The molecule has 0 saturated heterocycles. The van der Waals surface area contributed by atoms with Gasteiger partial charge in [-0.05, 0) is 85.1 Å². The number of benzene rings is 5. The second-order valence-electron chi connectivity index (χ2n) is 10.1. The maximum Gasteiger partial charge on any atom is 0.0346 e. The van der Waals surface area contributed by atoms with Gasteiger partial charge in [0, 0.05) is 24.6 Å². The van der Waals surface area contributed by atoms with Gasteiger partial charge >= 0.3 is 0 Å². The van der Waals surface area contributed by atoms with E-state index >= 15 is 0 Å². The maximum atomic E-state index is 4.29. The van der Waals surface area contributed by atoms with Gasteiger partial charge in [0.1, 0.15) is 0 Å². The maximum absolute atomic E-state index is 4.29. The van der Waals surface area contributed by atoms with Crippen LogP contribution in [0.15, 0.2) is 139 Å². The first kappa shape index (κ1) is 23.2. The molecule has 1 aliphatic rings. The number of rotatable bonds is 4. The van der Waals surface area contributed by atoms with E-state index in [9.17, 15) is 0 Å². The Labute approximate surface area is 229 Å². The van der Waals surface area contributed by atoms with Crippen LogP contribution in [-0.4, -0.2) is 11.5 Å². The molecule has 0 atom stereocenters. The highest BCUT2D eigenvalue weighted by atomic mass is 14.9. The summed E-state index contributed by atoms with van der Waals surface area (Å²) in [6.07, 6.45) is 8.20. The topological polar surface area (TPSA) is 24.9 Å². The fourth-order valence-corrected chi connectivity index (χ4v) is 5.81. The van der Waals surface area contributed by atoms with Gasteiger partial charge in [0.15, 0.2) is 0 Å². The summed E-state index contributed by atoms with van der Waals surface area (Å²) in [5.74, 6) is 0. The van der Waals surface area contributed by atoms with Crippen molar-refractivity contribution in [2.24, 2.45) is 0 Å². The number of nitrogens with one attached hydrogen (secondary N) is 1. The first-order valence-electron chi connectivity index (χ1n) is 13.4. The monoisotopic (exact) mass is 500 g/mol. The van der Waals surface area contributed by atoms with Crippen molar-refractivity contribution in [2.45, 2.75) is 6.92 Å². The third kappa shape index (κ3) is 4.20. The molecule has 0 bridgehead atoms. The van der Waals surface area contributed by atoms with Crippen LogP contribution in [0, 0.1) is 0 Å². The quantitative estimate of drug-likeness (QED) is 0.244. The number of pyridine rings is 1. The Balaban J connectivity index is 1.40. The lowest BCUT2D eigenvalue weighted by molar-refractivity contribution is 0.895. The van der Waals surface area contributed by atoms with E-state index in [0.717, 1.165) is 12.1 Å². The van der Waals surface area contributed by atoms with E-state index in [1.807, 2.05) is 18.5 Å². The number of aromatic nitrogens is 1. The Kier molecular flexibility index (Phi) is 5.79. The number of dihydropyridines is 1. The molecule has 0 radical (unpaired) electrons. The van der Waals surface area contributed by atoms with Crippen LogP contribution in [0.4, 0.5) is 0 Å². The highest BCUT2D eigenvalue weighted by Crippen LogP contribution is 2.44. The van der Waals surface area contributed by atoms with Crippen LogP contribution in [0.2, 0.25) is 0 Å². The highest BCUT2D eigenvalue weighted by Gasteiger charge is 2.16. The van der Waals surface area contributed by atoms with Gasteiger partial charge in [-0.15, -0.1) is 0 Å². The molecule has 1 N–H and O–H groups in total. The van der Waals surface area contributed by atoms with Crippen LogP contribution in [0.25, 0.3) is 60.5 Å². The van der Waals surface area contributed by atoms with Gasteiger partial charge in [-0.1, -0.05) is 109 Å². The summed E-state index contributed by atoms with van der Waals surface area (Å²) in [6, 6.07) is 39.7. The van der Waals surface area contributed by atoms with Crippen LogP contribution >= 0.6 is 0 Å². The lowest BCUT2D eigenvalue weighted by Gasteiger charge is -2.18. The molecular formula is C37H28N2. The minimum Gasteiger partial charge on any atom is -0.385 e. The third-order valence-electron chi connectivity index (χ3n) is 7.68. The van der Waals surface area contributed by atoms with Crippen LogP contribution in [0.1, 0.15) is 12.5 Å². The second kappa shape index (κ2) is 9.74. The van der Waals surface area contributed by atoms with E-state index in [4.69, 9.17) is 0 Å². The largest absolute Gasteiger partial charge is 0.385 e. The number of fused-ring (bicyclic) bond motifs is 2. The van der Waals surface area contributed by atoms with E-state index < -0.39 is 0 Å². The molecule has 0 spiro atoms. The third-order valence-corrected chi connectivity index (χ3v) is 7.68. The predicted octanol–water partition coefficient (Wildman–Crippen LogP) is 9.28. The number of hydrogen-bond donors (Lipinski definition) is 1. The average molecular weight is 501 g/mol. The molecule has 0 fully saturated rings. The van der Waals surface area contributed by atoms with Crippen LogP contribution in [0.3, 0.4) is 0 Å². The number of nitrogens with zero attached hydrogens (tertiary/aromatic N) is 1. The van der Waals surface area contributed by atoms with Crippen LogP contribution in [0.5, 0.6) is 0 Å². The standard InChI is InChI=1S/C37H28N2/c1-25-23-30(20-22-39-25)26-12-16-28(17-13-26)36-32-8-2-4-10-34(32)37(35-11-5-3-9-33(35)36)29-18-14-27(15-19-29)31-7-6-21-38-24-31/h2-21,23-24,39H,22H2,1H3. The molecule has 39 heavy (non-hydrogen) atoms. The van der Waals surface area contributed by atoms with E-state index in [2.05, 4.69) is 133 Å². The van der Waals surface area contributed by atoms with Crippen molar-refractivity contribution in [1.29, 1.82) is 0 Å². The molecule has 7 rings (SSSR count). The average Bonchev–Trinajstić information content (AvgIpc) is 3.00. The molecular weight excluding hydrogens is 472 g/mol. The second-order valence-corrected chi connectivity index (χ2v) is 10.1. The van der Waals surface area contributed by atoms with Gasteiger partial charge in [0.25, 0.3) is 0 Å². The molecule has 0 amide bonds. The summed E-state index contributed by atoms with van der Waals surface area (Å²) in [4.78, 5) is 4.29. The zero-order valence-electron chi connectivity index (χ0n) is 21.9. The van der Waals surface area contributed by atoms with Gasteiger partial charge in [0.05, 0.1) is 0 Å². The summed E-state index contributed by atoms with van der Waals surface area (Å²) in [7, 11) is 0. The van der Waals surface area contributed by atoms with Crippen molar-refractivity contribution in [2.75, 3.05) is 6.54 Å². The van der Waals surface area contributed by atoms with E-state index in [1.54, 1.807) is 0 Å². The van der Waals surface area contributed by atoms with Crippen molar-refractivity contribution in [3.05, 3.63) is 145 Å². The van der Waals surface area contributed by atoms with Gasteiger partial charge in [-0.2, -0.15) is 0 Å². The van der Waals surface area contributed by atoms with Crippen molar-refractivity contribution in [3.63, 3.8) is 0 Å². The Bertz CT molecular complexity index is 1820. The Morgan fingerprint density at radius 3 is 1.54 bits per heavy atom. The lowest BCUT2D eigenvalue weighted by Crippen LogP contribution is -2.14. The van der Waals surface area contributed by atoms with E-state index in [1.165, 1.54) is 66.2 Å². The summed E-state index contributed by atoms with van der Waals surface area (Å²) < 4.78 is 0. The molecule has 1 aromatic heterocycles. The van der Waals surface area contributed by atoms with Crippen molar-refractivity contribution in [1.82, 2.24) is 10.3 Å². The normalized spacial score (nSPS) is 13.2. The first-order valence-corrected chi connectivity index (χ1v) is 13.4. The number of hydrogen-bond acceptors (Lipinski definition) is 2. The SMILES string of the molecule is CC1=CC(c2ccc(-c3c4ccccc4c(-c4ccc(-c5cccnc5)cc4)c4ccccc34)cc2)=CCN1. The highest BCUT2D eigenvalue weighted by molar-refractivity contribution is 6.21. The van der Waals surface area contributed by atoms with Crippen LogP contribution in [-0.2, 0) is 0 Å². The van der Waals surface area contributed by atoms with Crippen molar-refractivity contribution >= 4 is 27.1 Å². The zero-order valence-corrected chi connectivity index (χ0v) is 21.9. The molecule has 0 saturated carbocycles. The molecule has 1 aliphatic heterocycles. The minimum atomic E-state index is 0.874. The van der Waals surface area contributed by atoms with Gasteiger partial charge < -0.3 is 5.32 Å².